The van der Waals surface area contributed by atoms with Crippen molar-refractivity contribution in [2.24, 2.45) is 5.92 Å². The molecule has 1 aromatic rings. The molecule has 19 heavy (non-hydrogen) atoms. The number of benzene rings is 1. The number of hydrogen-bond donors (Lipinski definition) is 3. The summed E-state index contributed by atoms with van der Waals surface area (Å²) in [5, 5.41) is 22.3. The highest BCUT2D eigenvalue weighted by atomic mass is 16.3. The quantitative estimate of drug-likeness (QED) is 0.717. The summed E-state index contributed by atoms with van der Waals surface area (Å²) in [4.78, 5) is 14.1. The van der Waals surface area contributed by atoms with E-state index in [9.17, 15) is 15.0 Å². The Kier molecular flexibility index (Phi) is 4.27. The summed E-state index contributed by atoms with van der Waals surface area (Å²) in [5.74, 6) is 0.139. The first kappa shape index (κ1) is 13.7. The maximum Gasteiger partial charge on any atom is 0.257 e. The van der Waals surface area contributed by atoms with Gasteiger partial charge in [0.1, 0.15) is 11.5 Å². The van der Waals surface area contributed by atoms with Crippen LogP contribution in [0.2, 0.25) is 0 Å². The van der Waals surface area contributed by atoms with Gasteiger partial charge in [0.05, 0.1) is 5.56 Å². The van der Waals surface area contributed by atoms with Gasteiger partial charge in [0, 0.05) is 13.1 Å². The predicted molar refractivity (Wildman–Crippen MR) is 72.3 cm³/mol. The highest BCUT2D eigenvalue weighted by Crippen LogP contribution is 2.25. The zero-order valence-corrected chi connectivity index (χ0v) is 11.1. The first-order valence-electron chi connectivity index (χ1n) is 6.57. The average Bonchev–Trinajstić information content (AvgIpc) is 2.41. The van der Waals surface area contributed by atoms with Crippen LogP contribution < -0.4 is 5.32 Å². The number of carbonyl (C=O) groups is 1. The second-order valence-electron chi connectivity index (χ2n) is 5.02. The van der Waals surface area contributed by atoms with E-state index < -0.39 is 0 Å². The van der Waals surface area contributed by atoms with E-state index in [1.54, 1.807) is 4.90 Å². The van der Waals surface area contributed by atoms with Crippen LogP contribution in [0.4, 0.5) is 0 Å². The van der Waals surface area contributed by atoms with Gasteiger partial charge >= 0.3 is 0 Å². The molecule has 3 N–H and O–H groups in total. The third kappa shape index (κ3) is 3.17. The molecule has 0 saturated carbocycles. The van der Waals surface area contributed by atoms with Crippen molar-refractivity contribution in [2.45, 2.75) is 12.8 Å². The summed E-state index contributed by atoms with van der Waals surface area (Å²) >= 11 is 0. The molecule has 0 radical (unpaired) electrons. The molecule has 2 rings (SSSR count). The van der Waals surface area contributed by atoms with Crippen molar-refractivity contribution in [3.63, 3.8) is 0 Å². The van der Waals surface area contributed by atoms with Gasteiger partial charge in [-0.25, -0.2) is 0 Å². The normalized spacial score (nSPS) is 19.4. The molecule has 1 aliphatic rings. The minimum atomic E-state index is -0.214. The zero-order valence-electron chi connectivity index (χ0n) is 11.1. The molecule has 0 spiro atoms. The van der Waals surface area contributed by atoms with Crippen LogP contribution in [-0.2, 0) is 0 Å². The van der Waals surface area contributed by atoms with Crippen molar-refractivity contribution in [3.05, 3.63) is 23.8 Å². The lowest BCUT2D eigenvalue weighted by molar-refractivity contribution is 0.0671. The van der Waals surface area contributed by atoms with Crippen LogP contribution in [0.5, 0.6) is 11.5 Å². The number of amides is 1. The molecule has 1 aliphatic heterocycles. The van der Waals surface area contributed by atoms with E-state index in [2.05, 4.69) is 5.32 Å². The van der Waals surface area contributed by atoms with Crippen LogP contribution in [-0.4, -0.2) is 47.7 Å². The van der Waals surface area contributed by atoms with Crippen molar-refractivity contribution in [3.8, 4) is 11.5 Å². The van der Waals surface area contributed by atoms with E-state index in [1.165, 1.54) is 18.2 Å². The van der Waals surface area contributed by atoms with E-state index in [-0.39, 0.29) is 23.0 Å². The third-order valence-corrected chi connectivity index (χ3v) is 3.51. The average molecular weight is 264 g/mol. The van der Waals surface area contributed by atoms with Crippen LogP contribution in [0.1, 0.15) is 23.2 Å². The number of phenolic OH excluding ortho intramolecular Hbond substituents is 2. The summed E-state index contributed by atoms with van der Waals surface area (Å²) in [6.07, 6.45) is 2.08. The van der Waals surface area contributed by atoms with Gasteiger partial charge in [0.2, 0.25) is 0 Å². The van der Waals surface area contributed by atoms with E-state index in [0.717, 1.165) is 19.4 Å². The maximum absolute atomic E-state index is 12.4. The Morgan fingerprint density at radius 2 is 2.26 bits per heavy atom. The fourth-order valence-electron chi connectivity index (χ4n) is 2.57. The minimum Gasteiger partial charge on any atom is -0.508 e. The molecule has 1 unspecified atom stereocenters. The Morgan fingerprint density at radius 1 is 1.47 bits per heavy atom. The van der Waals surface area contributed by atoms with Crippen LogP contribution in [0, 0.1) is 5.92 Å². The first-order chi connectivity index (χ1) is 9.11. The molecule has 5 nitrogen and oxygen atoms in total. The smallest absolute Gasteiger partial charge is 0.257 e. The fourth-order valence-corrected chi connectivity index (χ4v) is 2.57. The summed E-state index contributed by atoms with van der Waals surface area (Å²) in [5.41, 5.74) is 0.171. The number of nitrogens with zero attached hydrogens (tertiary/aromatic N) is 1. The molecule has 0 aromatic heterocycles. The monoisotopic (exact) mass is 264 g/mol. The summed E-state index contributed by atoms with van der Waals surface area (Å²) in [7, 11) is 1.90. The van der Waals surface area contributed by atoms with E-state index >= 15 is 0 Å². The number of rotatable bonds is 3. The van der Waals surface area contributed by atoms with Crippen molar-refractivity contribution >= 4 is 5.91 Å². The molecule has 1 aromatic carbocycles. The predicted octanol–water partition coefficient (Wildman–Crippen LogP) is 1.17. The molecular formula is C14H20N2O3. The van der Waals surface area contributed by atoms with Crippen molar-refractivity contribution in [2.75, 3.05) is 26.7 Å². The van der Waals surface area contributed by atoms with Gasteiger partial charge in [0.25, 0.3) is 5.91 Å². The highest BCUT2D eigenvalue weighted by molar-refractivity contribution is 5.97. The molecule has 1 fully saturated rings. The highest BCUT2D eigenvalue weighted by Gasteiger charge is 2.25. The van der Waals surface area contributed by atoms with Gasteiger partial charge in [-0.2, -0.15) is 0 Å². The number of piperidine rings is 1. The van der Waals surface area contributed by atoms with E-state index in [0.29, 0.717) is 19.0 Å². The molecular weight excluding hydrogens is 244 g/mol. The Bertz CT molecular complexity index is 460. The van der Waals surface area contributed by atoms with Gasteiger partial charge in [0.15, 0.2) is 0 Å². The molecule has 1 amide bonds. The molecule has 104 valence electrons. The van der Waals surface area contributed by atoms with Gasteiger partial charge in [-0.1, -0.05) is 0 Å². The fraction of sp³-hybridized carbons (Fsp3) is 0.500. The Balaban J connectivity index is 2.12. The van der Waals surface area contributed by atoms with Crippen LogP contribution in [0.15, 0.2) is 18.2 Å². The minimum absolute atomic E-state index is 0.00932. The third-order valence-electron chi connectivity index (χ3n) is 3.51. The number of nitrogens with one attached hydrogen (secondary N) is 1. The van der Waals surface area contributed by atoms with Crippen LogP contribution in [0.25, 0.3) is 0 Å². The van der Waals surface area contributed by atoms with E-state index in [4.69, 9.17) is 0 Å². The van der Waals surface area contributed by atoms with Gasteiger partial charge in [-0.05, 0) is 50.6 Å². The Hall–Kier alpha value is -1.75. The molecule has 5 heteroatoms. The number of carbonyl (C=O) groups excluding carboxylic acids is 1. The maximum atomic E-state index is 12.4. The number of hydrogen-bond acceptors (Lipinski definition) is 4. The first-order valence-corrected chi connectivity index (χ1v) is 6.57. The lowest BCUT2D eigenvalue weighted by Gasteiger charge is -2.32. The lowest BCUT2D eigenvalue weighted by Crippen LogP contribution is -2.42. The zero-order chi connectivity index (χ0) is 13.8. The topological polar surface area (TPSA) is 72.8 Å². The van der Waals surface area contributed by atoms with Crippen molar-refractivity contribution in [1.82, 2.24) is 10.2 Å². The lowest BCUT2D eigenvalue weighted by atomic mass is 9.97. The number of phenols is 2. The summed E-state index contributed by atoms with van der Waals surface area (Å²) < 4.78 is 0. The largest absolute Gasteiger partial charge is 0.508 e. The summed E-state index contributed by atoms with van der Waals surface area (Å²) in [6.45, 7) is 2.28. The molecule has 1 heterocycles. The van der Waals surface area contributed by atoms with Gasteiger partial charge in [-0.3, -0.25) is 4.79 Å². The van der Waals surface area contributed by atoms with Crippen molar-refractivity contribution in [1.29, 1.82) is 0 Å². The molecule has 0 bridgehead atoms. The number of likely N-dealkylation sites (tertiary alicyclic amines) is 1. The second-order valence-corrected chi connectivity index (χ2v) is 5.02. The Labute approximate surface area is 112 Å². The Morgan fingerprint density at radius 3 is 3.00 bits per heavy atom. The second kappa shape index (κ2) is 5.93. The van der Waals surface area contributed by atoms with Crippen molar-refractivity contribution < 1.29 is 15.0 Å². The van der Waals surface area contributed by atoms with Crippen LogP contribution in [0.3, 0.4) is 0 Å². The van der Waals surface area contributed by atoms with E-state index in [1.807, 2.05) is 7.05 Å². The standard InChI is InChI=1S/C14H20N2O3/c1-15-8-10-3-2-6-16(9-10)14(19)12-7-11(17)4-5-13(12)18/h4-5,7,10,15,17-18H,2-3,6,8-9H2,1H3. The van der Waals surface area contributed by atoms with Crippen LogP contribution >= 0.6 is 0 Å². The summed E-state index contributed by atoms with van der Waals surface area (Å²) in [6, 6.07) is 4.03. The molecule has 0 aliphatic carbocycles. The molecule has 1 saturated heterocycles. The van der Waals surface area contributed by atoms with Gasteiger partial charge in [-0.15, -0.1) is 0 Å². The van der Waals surface area contributed by atoms with Gasteiger partial charge < -0.3 is 20.4 Å². The number of aromatic hydroxyl groups is 2. The molecule has 1 atom stereocenters. The SMILES string of the molecule is CNCC1CCCN(C(=O)c2cc(O)ccc2O)C1.